The molecule has 0 unspecified atom stereocenters. The van der Waals surface area contributed by atoms with Crippen molar-refractivity contribution in [3.8, 4) is 5.75 Å². The maximum atomic E-state index is 11.1. The van der Waals surface area contributed by atoms with E-state index >= 15 is 0 Å². The Morgan fingerprint density at radius 1 is 1.26 bits per heavy atom. The number of carbonyl (C=O) groups is 1. The number of carboxylic acids is 1. The van der Waals surface area contributed by atoms with Gasteiger partial charge in [0.2, 0.25) is 0 Å². The van der Waals surface area contributed by atoms with Crippen molar-refractivity contribution >= 4 is 21.9 Å². The Labute approximate surface area is 120 Å². The summed E-state index contributed by atoms with van der Waals surface area (Å²) in [6.07, 6.45) is 0.690. The molecule has 19 heavy (non-hydrogen) atoms. The highest BCUT2D eigenvalue weighted by Crippen LogP contribution is 2.26. The van der Waals surface area contributed by atoms with E-state index in [2.05, 4.69) is 15.9 Å². The molecule has 1 aromatic carbocycles. The van der Waals surface area contributed by atoms with Gasteiger partial charge in [-0.05, 0) is 28.1 Å². The zero-order valence-corrected chi connectivity index (χ0v) is 12.3. The summed E-state index contributed by atoms with van der Waals surface area (Å²) in [7, 11) is 1.62. The topological polar surface area (TPSA) is 65.0 Å². The van der Waals surface area contributed by atoms with Crippen molar-refractivity contribution in [2.45, 2.75) is 6.42 Å². The molecular formula is C13H17BrO5. The first kappa shape index (κ1) is 15.9. The molecule has 5 nitrogen and oxygen atoms in total. The number of carboxylic acid groups (broad SMARTS) is 1. The van der Waals surface area contributed by atoms with Gasteiger partial charge in [-0.25, -0.2) is 4.79 Å². The summed E-state index contributed by atoms with van der Waals surface area (Å²) in [5, 5.41) is 9.10. The molecule has 0 aliphatic rings. The highest BCUT2D eigenvalue weighted by molar-refractivity contribution is 9.10. The second-order valence-electron chi connectivity index (χ2n) is 3.73. The Morgan fingerprint density at radius 3 is 2.74 bits per heavy atom. The van der Waals surface area contributed by atoms with Crippen molar-refractivity contribution in [1.29, 1.82) is 0 Å². The van der Waals surface area contributed by atoms with Crippen molar-refractivity contribution in [3.05, 3.63) is 28.2 Å². The highest BCUT2D eigenvalue weighted by Gasteiger charge is 2.14. The number of ether oxygens (including phenoxy) is 3. The van der Waals surface area contributed by atoms with Gasteiger partial charge >= 0.3 is 5.97 Å². The maximum absolute atomic E-state index is 11.1. The van der Waals surface area contributed by atoms with E-state index in [1.165, 1.54) is 0 Å². The van der Waals surface area contributed by atoms with Gasteiger partial charge in [-0.15, -0.1) is 0 Å². The van der Waals surface area contributed by atoms with Crippen LogP contribution < -0.4 is 4.74 Å². The lowest BCUT2D eigenvalue weighted by atomic mass is 10.2. The Hall–Kier alpha value is -1.11. The molecule has 1 aromatic rings. The van der Waals surface area contributed by atoms with Gasteiger partial charge in [0.15, 0.2) is 0 Å². The van der Waals surface area contributed by atoms with E-state index < -0.39 is 5.97 Å². The van der Waals surface area contributed by atoms with E-state index in [1.807, 2.05) is 0 Å². The fraction of sp³-hybridized carbons (Fsp3) is 0.462. The molecule has 0 amide bonds. The summed E-state index contributed by atoms with van der Waals surface area (Å²) >= 11 is 3.20. The average molecular weight is 333 g/mol. The molecule has 0 radical (unpaired) electrons. The summed E-state index contributed by atoms with van der Waals surface area (Å²) in [6, 6.07) is 5.05. The highest BCUT2D eigenvalue weighted by atomic mass is 79.9. The maximum Gasteiger partial charge on any atom is 0.340 e. The first-order chi connectivity index (χ1) is 9.16. The van der Waals surface area contributed by atoms with E-state index in [9.17, 15) is 4.79 Å². The molecule has 0 fully saturated rings. The Kier molecular flexibility index (Phi) is 7.47. The molecular weight excluding hydrogens is 316 g/mol. The van der Waals surface area contributed by atoms with E-state index in [0.717, 1.165) is 0 Å². The molecule has 106 valence electrons. The lowest BCUT2D eigenvalue weighted by Gasteiger charge is -2.10. The number of rotatable bonds is 9. The lowest BCUT2D eigenvalue weighted by Crippen LogP contribution is -2.09. The first-order valence-corrected chi connectivity index (χ1v) is 6.67. The number of hydrogen-bond donors (Lipinski definition) is 1. The summed E-state index contributed by atoms with van der Waals surface area (Å²) in [6.45, 7) is 2.08. The van der Waals surface area contributed by atoms with Crippen LogP contribution in [-0.2, 0) is 9.47 Å². The molecule has 1 rings (SSSR count). The van der Waals surface area contributed by atoms with Gasteiger partial charge in [0.25, 0.3) is 0 Å². The third-order valence-corrected chi connectivity index (χ3v) is 2.97. The Balaban J connectivity index is 2.37. The van der Waals surface area contributed by atoms with Crippen molar-refractivity contribution in [2.24, 2.45) is 0 Å². The fourth-order valence-electron chi connectivity index (χ4n) is 1.42. The van der Waals surface area contributed by atoms with Crippen molar-refractivity contribution in [2.75, 3.05) is 33.5 Å². The van der Waals surface area contributed by atoms with Gasteiger partial charge in [-0.2, -0.15) is 0 Å². The van der Waals surface area contributed by atoms with Crippen LogP contribution >= 0.6 is 15.9 Å². The molecule has 0 saturated carbocycles. The molecule has 0 aliphatic carbocycles. The molecule has 0 spiro atoms. The van der Waals surface area contributed by atoms with Crippen LogP contribution in [0.3, 0.4) is 0 Å². The minimum Gasteiger partial charge on any atom is -0.493 e. The first-order valence-electron chi connectivity index (χ1n) is 5.88. The van der Waals surface area contributed by atoms with Crippen LogP contribution in [0.2, 0.25) is 0 Å². The number of aromatic carboxylic acids is 1. The standard InChI is InChI=1S/C13H17BrO5/c1-17-8-9-18-6-3-7-19-11-5-2-4-10(14)12(11)13(15)16/h2,4-5H,3,6-9H2,1H3,(H,15,16). The van der Waals surface area contributed by atoms with E-state index in [4.69, 9.17) is 19.3 Å². The molecule has 1 N–H and O–H groups in total. The lowest BCUT2D eigenvalue weighted by molar-refractivity contribution is 0.0637. The molecule has 0 bridgehead atoms. The monoisotopic (exact) mass is 332 g/mol. The largest absolute Gasteiger partial charge is 0.493 e. The zero-order valence-electron chi connectivity index (χ0n) is 10.7. The summed E-state index contributed by atoms with van der Waals surface area (Å²) in [5.41, 5.74) is 0.141. The van der Waals surface area contributed by atoms with Gasteiger partial charge in [-0.3, -0.25) is 0 Å². The third-order valence-electron chi connectivity index (χ3n) is 2.31. The van der Waals surface area contributed by atoms with Crippen LogP contribution in [0.25, 0.3) is 0 Å². The molecule has 0 saturated heterocycles. The summed E-state index contributed by atoms with van der Waals surface area (Å²) in [4.78, 5) is 11.1. The smallest absolute Gasteiger partial charge is 0.340 e. The van der Waals surface area contributed by atoms with Gasteiger partial charge in [0, 0.05) is 24.6 Å². The van der Waals surface area contributed by atoms with Crippen LogP contribution in [0.15, 0.2) is 22.7 Å². The predicted octanol–water partition coefficient (Wildman–Crippen LogP) is 2.58. The average Bonchev–Trinajstić information content (AvgIpc) is 2.37. The van der Waals surface area contributed by atoms with Gasteiger partial charge < -0.3 is 19.3 Å². The molecule has 0 aromatic heterocycles. The summed E-state index contributed by atoms with van der Waals surface area (Å²) in [5.74, 6) is -0.655. The molecule has 6 heteroatoms. The second kappa shape index (κ2) is 8.90. The zero-order chi connectivity index (χ0) is 14.1. The Morgan fingerprint density at radius 2 is 2.05 bits per heavy atom. The van der Waals surface area contributed by atoms with Crippen LogP contribution in [0, 0.1) is 0 Å². The van der Waals surface area contributed by atoms with Crippen LogP contribution in [0.1, 0.15) is 16.8 Å². The van der Waals surface area contributed by atoms with Gasteiger partial charge in [-0.1, -0.05) is 6.07 Å². The third kappa shape index (κ3) is 5.59. The van der Waals surface area contributed by atoms with Crippen molar-refractivity contribution in [3.63, 3.8) is 0 Å². The van der Waals surface area contributed by atoms with Gasteiger partial charge in [0.05, 0.1) is 19.8 Å². The predicted molar refractivity (Wildman–Crippen MR) is 73.9 cm³/mol. The SMILES string of the molecule is COCCOCCCOc1cccc(Br)c1C(=O)O. The van der Waals surface area contributed by atoms with Crippen molar-refractivity contribution < 1.29 is 24.1 Å². The van der Waals surface area contributed by atoms with E-state index in [1.54, 1.807) is 25.3 Å². The van der Waals surface area contributed by atoms with Crippen LogP contribution in [-0.4, -0.2) is 44.6 Å². The number of benzene rings is 1. The quantitative estimate of drug-likeness (QED) is 0.704. The number of methoxy groups -OCH3 is 1. The Bertz CT molecular complexity index is 408. The minimum atomic E-state index is -1.01. The molecule has 0 aliphatic heterocycles. The molecule has 0 heterocycles. The van der Waals surface area contributed by atoms with E-state index in [-0.39, 0.29) is 5.56 Å². The second-order valence-corrected chi connectivity index (χ2v) is 4.58. The van der Waals surface area contributed by atoms with Crippen LogP contribution in [0.4, 0.5) is 0 Å². The van der Waals surface area contributed by atoms with E-state index in [0.29, 0.717) is 43.1 Å². The summed E-state index contributed by atoms with van der Waals surface area (Å²) < 4.78 is 16.1. The van der Waals surface area contributed by atoms with Gasteiger partial charge in [0.1, 0.15) is 11.3 Å². The normalized spacial score (nSPS) is 10.4. The number of halogens is 1. The number of hydrogen-bond acceptors (Lipinski definition) is 4. The van der Waals surface area contributed by atoms with Crippen LogP contribution in [0.5, 0.6) is 5.75 Å². The minimum absolute atomic E-state index is 0.141. The van der Waals surface area contributed by atoms with Crippen molar-refractivity contribution in [1.82, 2.24) is 0 Å². The fourth-order valence-corrected chi connectivity index (χ4v) is 1.94. The molecule has 0 atom stereocenters.